The molecule has 7 heteroatoms. The summed E-state index contributed by atoms with van der Waals surface area (Å²) in [5, 5.41) is 0. The van der Waals surface area contributed by atoms with E-state index in [2.05, 4.69) is 0 Å². The van der Waals surface area contributed by atoms with Crippen molar-refractivity contribution in [2.75, 3.05) is 0 Å². The summed E-state index contributed by atoms with van der Waals surface area (Å²) in [5.74, 6) is 0. The molecule has 0 amide bonds. The molecule has 0 aliphatic rings. The van der Waals surface area contributed by atoms with Gasteiger partial charge in [-0.15, -0.1) is 0 Å². The summed E-state index contributed by atoms with van der Waals surface area (Å²) in [6.45, 7) is 0. The Morgan fingerprint density at radius 2 is 0.714 bits per heavy atom. The summed E-state index contributed by atoms with van der Waals surface area (Å²) < 4.78 is 28.5. The van der Waals surface area contributed by atoms with Crippen LogP contribution in [0.5, 0.6) is 0 Å². The van der Waals surface area contributed by atoms with Crippen LogP contribution in [-0.2, 0) is 0 Å². The third kappa shape index (κ3) is 328. The average molecular weight is 131 g/mol. The topological polar surface area (TPSA) is 3.24 Å². The first-order valence-electron chi connectivity index (χ1n) is 0.507. The second-order valence-corrected chi connectivity index (χ2v) is 0.192. The van der Waals surface area contributed by atoms with Gasteiger partial charge in [0.25, 0.3) is 0 Å². The first-order valence-corrected chi connectivity index (χ1v) is 0.507. The van der Waals surface area contributed by atoms with Gasteiger partial charge in [0.2, 0.25) is 0 Å². The molecule has 50 valence electrons. The Morgan fingerprint density at radius 1 is 0.714 bits per heavy atom. The van der Waals surface area contributed by atoms with Gasteiger partial charge < -0.3 is 0 Å². The van der Waals surface area contributed by atoms with Crippen molar-refractivity contribution < 1.29 is 27.6 Å². The van der Waals surface area contributed by atoms with Gasteiger partial charge >= 0.3 is 0 Å². The van der Waals surface area contributed by atoms with Gasteiger partial charge in [-0.3, -0.25) is 14.1 Å². The molecule has 7 heavy (non-hydrogen) atoms. The van der Waals surface area contributed by atoms with Crippen LogP contribution in [0, 0.1) is 0 Å². The number of halogens is 6. The fraction of sp³-hybridized carbons (Fsp3) is 0. The monoisotopic (exact) mass is 131 g/mol. The molecule has 0 bridgehead atoms. The zero-order chi connectivity index (χ0) is 3.58. The highest BCUT2D eigenvalue weighted by molar-refractivity contribution is 3.24. The number of hydrogen-bond donors (Lipinski definition) is 0. The van der Waals surface area contributed by atoms with Crippen LogP contribution in [0.3, 0.4) is 0 Å². The molecular formula is H3F6N. The fourth-order valence-corrected chi connectivity index (χ4v) is 0. The second-order valence-electron chi connectivity index (χ2n) is 0.192. The normalized spacial score (nSPS) is 5.14. The Morgan fingerprint density at radius 3 is 0.714 bits per heavy atom. The van der Waals surface area contributed by atoms with E-state index in [0.29, 0.717) is 0 Å². The van der Waals surface area contributed by atoms with Gasteiger partial charge in [-0.1, -0.05) is 13.4 Å². The smallest absolute Gasteiger partial charge is 0.199 e. The molecule has 0 N–H and O–H groups in total. The lowest BCUT2D eigenvalue weighted by molar-refractivity contribution is -0.295. The Bertz CT molecular complexity index is 8.90. The first kappa shape index (κ1) is 31.1. The minimum Gasteiger partial charge on any atom is -0.269 e. The zero-order valence-electron chi connectivity index (χ0n) is 2.81. The van der Waals surface area contributed by atoms with Crippen molar-refractivity contribution in [3.8, 4) is 0 Å². The van der Waals surface area contributed by atoms with Crippen molar-refractivity contribution in [2.24, 2.45) is 0 Å². The second kappa shape index (κ2) is 17.7. The Kier molecular flexibility index (Phi) is 78.7. The maximum Gasteiger partial charge on any atom is 0.199 e. The molecule has 0 unspecified atom stereocenters. The Balaban J connectivity index is -0.0000000150. The van der Waals surface area contributed by atoms with E-state index in [0.717, 1.165) is 0 Å². The molecule has 0 fully saturated rings. The predicted molar refractivity (Wildman–Crippen MR) is 12.7 cm³/mol. The standard InChI is InChI=1S/F3N.3FH/c1-4(2)3;;;/h;3*1H. The fourth-order valence-electron chi connectivity index (χ4n) is 0. The maximum atomic E-state index is 9.50. The highest BCUT2D eigenvalue weighted by Gasteiger charge is 1.80. The summed E-state index contributed by atoms with van der Waals surface area (Å²) in [7, 11) is 0. The van der Waals surface area contributed by atoms with Gasteiger partial charge in [-0.05, 0) is 0 Å². The van der Waals surface area contributed by atoms with Crippen LogP contribution < -0.4 is 0 Å². The van der Waals surface area contributed by atoms with Crippen molar-refractivity contribution in [3.05, 3.63) is 0 Å². The van der Waals surface area contributed by atoms with Crippen molar-refractivity contribution in [3.63, 3.8) is 0 Å². The summed E-state index contributed by atoms with van der Waals surface area (Å²) in [6.07, 6.45) is 0. The zero-order valence-corrected chi connectivity index (χ0v) is 2.81. The molecule has 0 saturated carbocycles. The van der Waals surface area contributed by atoms with E-state index in [9.17, 15) is 13.4 Å². The molecule has 0 aromatic rings. The molecule has 0 aromatic carbocycles. The number of hydrogen-bond acceptors (Lipinski definition) is 1. The van der Waals surface area contributed by atoms with Gasteiger partial charge in [0.05, 0.1) is 0 Å². The third-order valence-electron chi connectivity index (χ3n) is 0. The van der Waals surface area contributed by atoms with Gasteiger partial charge in [0.1, 0.15) is 0 Å². The molecule has 0 rings (SSSR count). The van der Waals surface area contributed by atoms with Crippen LogP contribution in [0.15, 0.2) is 0 Å². The minimum atomic E-state index is -2.50. The maximum absolute atomic E-state index is 9.50. The van der Waals surface area contributed by atoms with E-state index < -0.39 is 5.57 Å². The molecule has 1 nitrogen and oxygen atoms in total. The van der Waals surface area contributed by atoms with E-state index in [-0.39, 0.29) is 14.1 Å². The van der Waals surface area contributed by atoms with Crippen LogP contribution in [-0.4, -0.2) is 5.57 Å². The van der Waals surface area contributed by atoms with E-state index in [1.165, 1.54) is 0 Å². The van der Waals surface area contributed by atoms with Gasteiger partial charge in [0.15, 0.2) is 5.57 Å². The predicted octanol–water partition coefficient (Wildman–Crippen LogP) is 1.40. The highest BCUT2D eigenvalue weighted by Crippen LogP contribution is 1.82. The van der Waals surface area contributed by atoms with Crippen molar-refractivity contribution in [1.29, 1.82) is 0 Å². The molecule has 0 aliphatic carbocycles. The van der Waals surface area contributed by atoms with Gasteiger partial charge in [-0.2, -0.15) is 0 Å². The average Bonchev–Trinajstić information content (AvgIpc) is 0.811. The SMILES string of the molecule is F.F.F.FN(F)F. The summed E-state index contributed by atoms with van der Waals surface area (Å²) in [4.78, 5) is 0. The summed E-state index contributed by atoms with van der Waals surface area (Å²) in [5.41, 5.74) is -2.50. The summed E-state index contributed by atoms with van der Waals surface area (Å²) >= 11 is 0. The van der Waals surface area contributed by atoms with E-state index in [1.54, 1.807) is 0 Å². The lowest BCUT2D eigenvalue weighted by atomic mass is 13.5. The quantitative estimate of drug-likeness (QED) is 0.354. The van der Waals surface area contributed by atoms with E-state index in [4.69, 9.17) is 0 Å². The Hall–Kier alpha value is -0.460. The van der Waals surface area contributed by atoms with Crippen molar-refractivity contribution in [1.82, 2.24) is 5.57 Å². The third-order valence-corrected chi connectivity index (χ3v) is 0. The van der Waals surface area contributed by atoms with Crippen molar-refractivity contribution in [2.45, 2.75) is 0 Å². The summed E-state index contributed by atoms with van der Waals surface area (Å²) in [6, 6.07) is 0. The van der Waals surface area contributed by atoms with Gasteiger partial charge in [-0.25, -0.2) is 0 Å². The molecule has 0 saturated heterocycles. The molecule has 0 spiro atoms. The highest BCUT2D eigenvalue weighted by atomic mass is 19.5. The molecular weight excluding hydrogens is 128 g/mol. The Labute approximate surface area is 34.6 Å². The van der Waals surface area contributed by atoms with E-state index >= 15 is 0 Å². The number of nitrogens with zero attached hydrogens (tertiary/aromatic N) is 1. The van der Waals surface area contributed by atoms with Crippen LogP contribution in [0.2, 0.25) is 0 Å². The van der Waals surface area contributed by atoms with Gasteiger partial charge in [0, 0.05) is 0 Å². The number of rotatable bonds is 0. The molecule has 0 aliphatic heterocycles. The largest absolute Gasteiger partial charge is 0.269 e. The lowest BCUT2D eigenvalue weighted by Gasteiger charge is -1.67. The van der Waals surface area contributed by atoms with E-state index in [1.807, 2.05) is 0 Å². The van der Waals surface area contributed by atoms with Crippen LogP contribution in [0.4, 0.5) is 27.6 Å². The molecule has 0 heterocycles. The molecule has 0 radical (unpaired) electrons. The minimum absolute atomic E-state index is 0. The van der Waals surface area contributed by atoms with Crippen LogP contribution >= 0.6 is 0 Å². The van der Waals surface area contributed by atoms with Crippen molar-refractivity contribution >= 4 is 0 Å². The molecule has 0 atom stereocenters. The van der Waals surface area contributed by atoms with Crippen LogP contribution in [0.25, 0.3) is 0 Å². The molecule has 0 aromatic heterocycles. The van der Waals surface area contributed by atoms with Crippen LogP contribution in [0.1, 0.15) is 0 Å². The first-order chi connectivity index (χ1) is 1.73. The lowest BCUT2D eigenvalue weighted by Crippen LogP contribution is -1.72.